The van der Waals surface area contributed by atoms with Gasteiger partial charge in [-0.25, -0.2) is 4.98 Å². The van der Waals surface area contributed by atoms with Gasteiger partial charge in [-0.05, 0) is 50.5 Å². The minimum Gasteiger partial charge on any atom is -0.372 e. The highest BCUT2D eigenvalue weighted by Crippen LogP contribution is 2.24. The molecule has 25 heavy (non-hydrogen) atoms. The van der Waals surface area contributed by atoms with E-state index in [0.717, 1.165) is 36.1 Å². The van der Waals surface area contributed by atoms with E-state index < -0.39 is 0 Å². The Morgan fingerprint density at radius 2 is 1.84 bits per heavy atom. The van der Waals surface area contributed by atoms with Crippen LogP contribution in [-0.4, -0.2) is 36.6 Å². The molecule has 0 bridgehead atoms. The Balaban J connectivity index is 1.70. The third kappa shape index (κ3) is 4.62. The zero-order valence-corrected chi connectivity index (χ0v) is 15.6. The van der Waals surface area contributed by atoms with Crippen LogP contribution in [0.25, 0.3) is 0 Å². The van der Waals surface area contributed by atoms with Crippen LogP contribution < -0.4 is 15.1 Å². The number of rotatable bonds is 7. The molecular formula is C20H29N5. The quantitative estimate of drug-likeness (QED) is 0.812. The highest BCUT2D eigenvalue weighted by molar-refractivity contribution is 5.62. The van der Waals surface area contributed by atoms with Gasteiger partial charge in [-0.3, -0.25) is 0 Å². The maximum Gasteiger partial charge on any atom is 0.227 e. The lowest BCUT2D eigenvalue weighted by atomic mass is 10.2. The molecule has 1 saturated heterocycles. The molecule has 134 valence electrons. The van der Waals surface area contributed by atoms with Crippen molar-refractivity contribution in [3.8, 4) is 0 Å². The number of hydrogen-bond acceptors (Lipinski definition) is 5. The number of aryl methyl sites for hydroxylation is 1. The molecule has 1 aliphatic rings. The summed E-state index contributed by atoms with van der Waals surface area (Å²) in [6.45, 7) is 7.53. The van der Waals surface area contributed by atoms with E-state index in [1.54, 1.807) is 0 Å². The number of anilines is 4. The van der Waals surface area contributed by atoms with Crippen molar-refractivity contribution in [1.29, 1.82) is 0 Å². The largest absolute Gasteiger partial charge is 0.372 e. The van der Waals surface area contributed by atoms with Crippen LogP contribution in [0.3, 0.4) is 0 Å². The summed E-state index contributed by atoms with van der Waals surface area (Å²) in [5.41, 5.74) is 3.34. The molecule has 0 saturated carbocycles. The molecule has 0 atom stereocenters. The second-order valence-electron chi connectivity index (χ2n) is 6.84. The van der Waals surface area contributed by atoms with Crippen LogP contribution in [0.2, 0.25) is 0 Å². The molecule has 1 aliphatic heterocycles. The van der Waals surface area contributed by atoms with Crippen molar-refractivity contribution >= 4 is 23.1 Å². The van der Waals surface area contributed by atoms with Gasteiger partial charge in [-0.15, -0.1) is 0 Å². The molecule has 2 aromatic rings. The molecule has 5 heteroatoms. The van der Waals surface area contributed by atoms with Crippen LogP contribution in [0, 0.1) is 6.92 Å². The van der Waals surface area contributed by atoms with Crippen LogP contribution >= 0.6 is 0 Å². The fourth-order valence-electron chi connectivity index (χ4n) is 3.16. The van der Waals surface area contributed by atoms with Gasteiger partial charge >= 0.3 is 0 Å². The number of nitrogens with one attached hydrogen (secondary N) is 1. The van der Waals surface area contributed by atoms with E-state index in [1.165, 1.54) is 38.0 Å². The molecule has 5 nitrogen and oxygen atoms in total. The van der Waals surface area contributed by atoms with Gasteiger partial charge in [0.2, 0.25) is 5.95 Å². The summed E-state index contributed by atoms with van der Waals surface area (Å²) in [5, 5.41) is 3.42. The maximum absolute atomic E-state index is 4.67. The normalized spacial score (nSPS) is 14.0. The minimum absolute atomic E-state index is 0.782. The Morgan fingerprint density at radius 3 is 2.52 bits per heavy atom. The molecule has 2 heterocycles. The van der Waals surface area contributed by atoms with Crippen molar-refractivity contribution in [1.82, 2.24) is 9.97 Å². The highest BCUT2D eigenvalue weighted by atomic mass is 15.2. The van der Waals surface area contributed by atoms with E-state index in [4.69, 9.17) is 0 Å². The van der Waals surface area contributed by atoms with Gasteiger partial charge in [0, 0.05) is 49.8 Å². The first-order valence-corrected chi connectivity index (χ1v) is 9.34. The summed E-state index contributed by atoms with van der Waals surface area (Å²) in [6, 6.07) is 10.6. The molecule has 1 N–H and O–H groups in total. The maximum atomic E-state index is 4.67. The van der Waals surface area contributed by atoms with E-state index in [-0.39, 0.29) is 0 Å². The molecular weight excluding hydrogens is 310 g/mol. The van der Waals surface area contributed by atoms with Crippen molar-refractivity contribution in [2.45, 2.75) is 39.5 Å². The van der Waals surface area contributed by atoms with Crippen LogP contribution in [0.4, 0.5) is 23.1 Å². The molecule has 0 radical (unpaired) electrons. The second kappa shape index (κ2) is 8.19. The first-order valence-electron chi connectivity index (χ1n) is 9.34. The van der Waals surface area contributed by atoms with E-state index in [9.17, 15) is 0 Å². The summed E-state index contributed by atoms with van der Waals surface area (Å²) >= 11 is 0. The fraction of sp³-hybridized carbons (Fsp3) is 0.500. The standard InChI is InChI=1S/C20H29N5/c1-4-5-12-24(3)20-21-16(2)15-19(23-20)22-17-8-10-18(11-9-17)25-13-6-7-14-25/h8-11,15H,4-7,12-14H2,1-3H3,(H,21,22,23). The highest BCUT2D eigenvalue weighted by Gasteiger charge is 2.12. The lowest BCUT2D eigenvalue weighted by molar-refractivity contribution is 0.749. The summed E-state index contributed by atoms with van der Waals surface area (Å²) in [6.07, 6.45) is 4.92. The summed E-state index contributed by atoms with van der Waals surface area (Å²) in [5.74, 6) is 1.63. The average molecular weight is 339 g/mol. The predicted octanol–water partition coefficient (Wildman–Crippen LogP) is 4.37. The van der Waals surface area contributed by atoms with Crippen LogP contribution in [0.15, 0.2) is 30.3 Å². The Bertz CT molecular complexity index is 677. The lowest BCUT2D eigenvalue weighted by Gasteiger charge is -2.19. The Hall–Kier alpha value is -2.30. The number of unbranched alkanes of at least 4 members (excludes halogenated alkanes) is 1. The number of nitrogens with zero attached hydrogens (tertiary/aromatic N) is 4. The number of hydrogen-bond donors (Lipinski definition) is 1. The zero-order chi connectivity index (χ0) is 17.6. The first kappa shape index (κ1) is 17.5. The third-order valence-electron chi connectivity index (χ3n) is 4.64. The molecule has 1 fully saturated rings. The van der Waals surface area contributed by atoms with Crippen molar-refractivity contribution in [2.75, 3.05) is 41.8 Å². The van der Waals surface area contributed by atoms with Gasteiger partial charge in [-0.1, -0.05) is 13.3 Å². The van der Waals surface area contributed by atoms with Crippen molar-refractivity contribution in [3.63, 3.8) is 0 Å². The van der Waals surface area contributed by atoms with Gasteiger partial charge < -0.3 is 15.1 Å². The molecule has 0 amide bonds. The minimum atomic E-state index is 0.782. The van der Waals surface area contributed by atoms with E-state index >= 15 is 0 Å². The Labute approximate surface area is 151 Å². The van der Waals surface area contributed by atoms with Gasteiger partial charge in [0.05, 0.1) is 0 Å². The van der Waals surface area contributed by atoms with E-state index in [0.29, 0.717) is 0 Å². The van der Waals surface area contributed by atoms with E-state index in [2.05, 4.69) is 63.3 Å². The van der Waals surface area contributed by atoms with Gasteiger partial charge in [0.15, 0.2) is 0 Å². The van der Waals surface area contributed by atoms with E-state index in [1.807, 2.05) is 13.0 Å². The van der Waals surface area contributed by atoms with Crippen molar-refractivity contribution in [3.05, 3.63) is 36.0 Å². The van der Waals surface area contributed by atoms with Crippen molar-refractivity contribution < 1.29 is 0 Å². The van der Waals surface area contributed by atoms with Crippen LogP contribution in [-0.2, 0) is 0 Å². The third-order valence-corrected chi connectivity index (χ3v) is 4.64. The smallest absolute Gasteiger partial charge is 0.227 e. The summed E-state index contributed by atoms with van der Waals surface area (Å²) < 4.78 is 0. The summed E-state index contributed by atoms with van der Waals surface area (Å²) in [7, 11) is 2.05. The summed E-state index contributed by atoms with van der Waals surface area (Å²) in [4.78, 5) is 13.8. The second-order valence-corrected chi connectivity index (χ2v) is 6.84. The van der Waals surface area contributed by atoms with Crippen molar-refractivity contribution in [2.24, 2.45) is 0 Å². The average Bonchev–Trinajstić information content (AvgIpc) is 3.14. The molecule has 0 aliphatic carbocycles. The van der Waals surface area contributed by atoms with Gasteiger partial charge in [0.25, 0.3) is 0 Å². The number of benzene rings is 1. The zero-order valence-electron chi connectivity index (χ0n) is 15.6. The lowest BCUT2D eigenvalue weighted by Crippen LogP contribution is -2.21. The monoisotopic (exact) mass is 339 g/mol. The molecule has 0 spiro atoms. The fourth-order valence-corrected chi connectivity index (χ4v) is 3.16. The predicted molar refractivity (Wildman–Crippen MR) is 106 cm³/mol. The van der Waals surface area contributed by atoms with Gasteiger partial charge in [-0.2, -0.15) is 4.98 Å². The molecule has 1 aromatic heterocycles. The topological polar surface area (TPSA) is 44.3 Å². The van der Waals surface area contributed by atoms with Crippen LogP contribution in [0.1, 0.15) is 38.3 Å². The Morgan fingerprint density at radius 1 is 1.12 bits per heavy atom. The first-order chi connectivity index (χ1) is 12.2. The SMILES string of the molecule is CCCCN(C)c1nc(C)cc(Nc2ccc(N3CCCC3)cc2)n1. The molecule has 0 unspecified atom stereocenters. The Kier molecular flexibility index (Phi) is 5.74. The molecule has 1 aromatic carbocycles. The number of aromatic nitrogens is 2. The molecule has 3 rings (SSSR count). The van der Waals surface area contributed by atoms with Gasteiger partial charge in [0.1, 0.15) is 5.82 Å². The van der Waals surface area contributed by atoms with Crippen LogP contribution in [0.5, 0.6) is 0 Å².